The molecule has 2 N–H and O–H groups in total. The lowest BCUT2D eigenvalue weighted by molar-refractivity contribution is -0.134. The van der Waals surface area contributed by atoms with E-state index in [4.69, 9.17) is 5.73 Å². The largest absolute Gasteiger partial charge is 0.338 e. The number of nitrogens with zero attached hydrogens (tertiary/aromatic N) is 2. The molecule has 1 aliphatic heterocycles. The van der Waals surface area contributed by atoms with Crippen LogP contribution in [0.2, 0.25) is 0 Å². The molecule has 0 spiro atoms. The van der Waals surface area contributed by atoms with Gasteiger partial charge in [-0.25, -0.2) is 0 Å². The third-order valence-electron chi connectivity index (χ3n) is 5.83. The van der Waals surface area contributed by atoms with Crippen LogP contribution in [0.15, 0.2) is 54.6 Å². The first-order valence-corrected chi connectivity index (χ1v) is 9.52. The standard InChI is InChI=1S/C22H27N3O/c1-24-11-13-25(14-12-24)22(26)21(23)18-10-6-5-9-17(18)20-15-19(20)16-7-3-2-4-8-16/h2-10,19-21H,11-15,23H2,1H3. The number of amides is 1. The number of hydrogen-bond donors (Lipinski definition) is 1. The Balaban J connectivity index is 1.52. The molecule has 136 valence electrons. The monoisotopic (exact) mass is 349 g/mol. The Labute approximate surface area is 155 Å². The van der Waals surface area contributed by atoms with Crippen molar-refractivity contribution in [1.82, 2.24) is 9.80 Å². The third-order valence-corrected chi connectivity index (χ3v) is 5.83. The fourth-order valence-electron chi connectivity index (χ4n) is 4.10. The molecule has 1 heterocycles. The molecule has 2 aromatic rings. The number of nitrogens with two attached hydrogens (primary N) is 1. The Morgan fingerprint density at radius 2 is 1.62 bits per heavy atom. The number of carbonyl (C=O) groups excluding carboxylic acids is 1. The van der Waals surface area contributed by atoms with Gasteiger partial charge in [-0.3, -0.25) is 4.79 Å². The van der Waals surface area contributed by atoms with Crippen molar-refractivity contribution < 1.29 is 4.79 Å². The van der Waals surface area contributed by atoms with Crippen LogP contribution in [-0.2, 0) is 4.79 Å². The first-order valence-electron chi connectivity index (χ1n) is 9.52. The Bertz CT molecular complexity index is 768. The summed E-state index contributed by atoms with van der Waals surface area (Å²) in [6.45, 7) is 3.36. The third kappa shape index (κ3) is 3.39. The fourth-order valence-corrected chi connectivity index (χ4v) is 4.10. The SMILES string of the molecule is CN1CCN(C(=O)C(N)c2ccccc2C2CC2c2ccccc2)CC1. The number of likely N-dealkylation sites (N-methyl/N-ethyl adjacent to an activating group) is 1. The van der Waals surface area contributed by atoms with Crippen molar-refractivity contribution in [3.05, 3.63) is 71.3 Å². The van der Waals surface area contributed by atoms with Crippen LogP contribution >= 0.6 is 0 Å². The van der Waals surface area contributed by atoms with E-state index in [1.54, 1.807) is 0 Å². The minimum atomic E-state index is -0.563. The fraction of sp³-hybridized carbons (Fsp3) is 0.409. The van der Waals surface area contributed by atoms with Gasteiger partial charge in [0.15, 0.2) is 0 Å². The molecule has 0 radical (unpaired) electrons. The van der Waals surface area contributed by atoms with Gasteiger partial charge in [0.2, 0.25) is 5.91 Å². The molecule has 4 heteroatoms. The van der Waals surface area contributed by atoms with E-state index in [-0.39, 0.29) is 5.91 Å². The van der Waals surface area contributed by atoms with Crippen molar-refractivity contribution in [2.45, 2.75) is 24.3 Å². The van der Waals surface area contributed by atoms with Crippen molar-refractivity contribution in [3.8, 4) is 0 Å². The van der Waals surface area contributed by atoms with Gasteiger partial charge in [-0.15, -0.1) is 0 Å². The molecule has 1 saturated heterocycles. The molecule has 26 heavy (non-hydrogen) atoms. The van der Waals surface area contributed by atoms with Crippen molar-refractivity contribution in [2.24, 2.45) is 5.73 Å². The molecular formula is C22H27N3O. The molecule has 3 atom stereocenters. The molecule has 1 saturated carbocycles. The molecular weight excluding hydrogens is 322 g/mol. The van der Waals surface area contributed by atoms with Gasteiger partial charge in [-0.1, -0.05) is 54.6 Å². The Morgan fingerprint density at radius 3 is 2.35 bits per heavy atom. The van der Waals surface area contributed by atoms with E-state index >= 15 is 0 Å². The van der Waals surface area contributed by atoms with E-state index in [0.717, 1.165) is 38.2 Å². The van der Waals surface area contributed by atoms with E-state index in [1.807, 2.05) is 17.0 Å². The highest BCUT2D eigenvalue weighted by atomic mass is 16.2. The van der Waals surface area contributed by atoms with Crippen LogP contribution < -0.4 is 5.73 Å². The van der Waals surface area contributed by atoms with Gasteiger partial charge in [-0.2, -0.15) is 0 Å². The second kappa shape index (κ2) is 7.22. The van der Waals surface area contributed by atoms with Crippen molar-refractivity contribution in [2.75, 3.05) is 33.2 Å². The molecule has 1 aliphatic carbocycles. The lowest BCUT2D eigenvalue weighted by atomic mass is 9.94. The average molecular weight is 349 g/mol. The summed E-state index contributed by atoms with van der Waals surface area (Å²) in [5.74, 6) is 1.07. The summed E-state index contributed by atoms with van der Waals surface area (Å²) >= 11 is 0. The predicted octanol–water partition coefficient (Wildman–Crippen LogP) is 2.73. The maximum absolute atomic E-state index is 12.9. The predicted molar refractivity (Wildman–Crippen MR) is 104 cm³/mol. The Morgan fingerprint density at radius 1 is 0.962 bits per heavy atom. The van der Waals surface area contributed by atoms with Crippen molar-refractivity contribution in [3.63, 3.8) is 0 Å². The molecule has 2 aromatic carbocycles. The van der Waals surface area contributed by atoms with Crippen molar-refractivity contribution >= 4 is 5.91 Å². The summed E-state index contributed by atoms with van der Waals surface area (Å²) < 4.78 is 0. The molecule has 3 unspecified atom stereocenters. The molecule has 0 aromatic heterocycles. The van der Waals surface area contributed by atoms with Crippen molar-refractivity contribution in [1.29, 1.82) is 0 Å². The summed E-state index contributed by atoms with van der Waals surface area (Å²) in [5, 5.41) is 0. The van der Waals surface area contributed by atoms with E-state index in [2.05, 4.69) is 54.4 Å². The van der Waals surface area contributed by atoms with Gasteiger partial charge in [0.1, 0.15) is 6.04 Å². The molecule has 1 amide bonds. The van der Waals surface area contributed by atoms with Gasteiger partial charge in [0.05, 0.1) is 0 Å². The van der Waals surface area contributed by atoms with Gasteiger partial charge >= 0.3 is 0 Å². The number of hydrogen-bond acceptors (Lipinski definition) is 3. The second-order valence-corrected chi connectivity index (χ2v) is 7.59. The van der Waals surface area contributed by atoms with E-state index < -0.39 is 6.04 Å². The molecule has 2 fully saturated rings. The summed E-state index contributed by atoms with van der Waals surface area (Å²) in [7, 11) is 2.09. The molecule has 4 nitrogen and oxygen atoms in total. The zero-order valence-electron chi connectivity index (χ0n) is 15.3. The highest BCUT2D eigenvalue weighted by Gasteiger charge is 2.41. The van der Waals surface area contributed by atoms with Crippen LogP contribution in [0.3, 0.4) is 0 Å². The van der Waals surface area contributed by atoms with E-state index in [0.29, 0.717) is 11.8 Å². The smallest absolute Gasteiger partial charge is 0.244 e. The number of piperazine rings is 1. The van der Waals surface area contributed by atoms with Crippen LogP contribution in [0.25, 0.3) is 0 Å². The van der Waals surface area contributed by atoms with Gasteiger partial charge in [-0.05, 0) is 42.0 Å². The maximum atomic E-state index is 12.9. The van der Waals surface area contributed by atoms with Crippen LogP contribution in [0.1, 0.15) is 41.0 Å². The topological polar surface area (TPSA) is 49.6 Å². The van der Waals surface area contributed by atoms with Crippen LogP contribution in [0, 0.1) is 0 Å². The average Bonchev–Trinajstić information content (AvgIpc) is 3.49. The number of benzene rings is 2. The highest BCUT2D eigenvalue weighted by Crippen LogP contribution is 2.55. The van der Waals surface area contributed by atoms with Crippen LogP contribution in [-0.4, -0.2) is 48.9 Å². The van der Waals surface area contributed by atoms with Crippen LogP contribution in [0.5, 0.6) is 0 Å². The number of carbonyl (C=O) groups is 1. The summed E-state index contributed by atoms with van der Waals surface area (Å²) in [5.41, 5.74) is 10.1. The summed E-state index contributed by atoms with van der Waals surface area (Å²) in [4.78, 5) is 17.1. The first kappa shape index (κ1) is 17.3. The second-order valence-electron chi connectivity index (χ2n) is 7.59. The normalized spacial score (nSPS) is 24.3. The lowest BCUT2D eigenvalue weighted by Crippen LogP contribution is -2.49. The summed E-state index contributed by atoms with van der Waals surface area (Å²) in [6.07, 6.45) is 1.14. The molecule has 0 bridgehead atoms. The first-order chi connectivity index (χ1) is 12.6. The zero-order valence-corrected chi connectivity index (χ0v) is 15.3. The van der Waals surface area contributed by atoms with Gasteiger partial charge in [0.25, 0.3) is 0 Å². The lowest BCUT2D eigenvalue weighted by Gasteiger charge is -2.34. The quantitative estimate of drug-likeness (QED) is 0.923. The van der Waals surface area contributed by atoms with E-state index in [9.17, 15) is 4.79 Å². The van der Waals surface area contributed by atoms with Gasteiger partial charge in [0, 0.05) is 26.2 Å². The molecule has 4 rings (SSSR count). The van der Waals surface area contributed by atoms with Crippen LogP contribution in [0.4, 0.5) is 0 Å². The minimum Gasteiger partial charge on any atom is -0.338 e. The van der Waals surface area contributed by atoms with E-state index in [1.165, 1.54) is 11.1 Å². The number of rotatable bonds is 4. The Kier molecular flexibility index (Phi) is 4.79. The Hall–Kier alpha value is -2.17. The summed E-state index contributed by atoms with van der Waals surface area (Å²) in [6, 6.07) is 18.3. The van der Waals surface area contributed by atoms with Gasteiger partial charge < -0.3 is 15.5 Å². The highest BCUT2D eigenvalue weighted by molar-refractivity contribution is 5.83. The molecule has 2 aliphatic rings. The zero-order chi connectivity index (χ0) is 18.1. The minimum absolute atomic E-state index is 0.0578. The maximum Gasteiger partial charge on any atom is 0.244 e.